The van der Waals surface area contributed by atoms with Gasteiger partial charge in [-0.05, 0) is 6.07 Å². The average molecular weight is 312 g/mol. The number of benzene rings is 1. The molecule has 0 radical (unpaired) electrons. The van der Waals surface area contributed by atoms with Gasteiger partial charge in [0.25, 0.3) is 5.69 Å². The second-order valence-corrected chi connectivity index (χ2v) is 5.79. The van der Waals surface area contributed by atoms with Crippen LogP contribution in [0.25, 0.3) is 0 Å². The van der Waals surface area contributed by atoms with E-state index >= 15 is 0 Å². The summed E-state index contributed by atoms with van der Waals surface area (Å²) in [6, 6.07) is 3.25. The zero-order valence-corrected chi connectivity index (χ0v) is 11.5. The Morgan fingerprint density at radius 2 is 2.19 bits per heavy atom. The first-order chi connectivity index (χ1) is 9.90. The molecule has 11 heteroatoms. The number of anilines is 1. The van der Waals surface area contributed by atoms with Gasteiger partial charge in [-0.25, -0.2) is 18.1 Å². The van der Waals surface area contributed by atoms with Crippen molar-refractivity contribution in [3.8, 4) is 0 Å². The van der Waals surface area contributed by atoms with Gasteiger partial charge in [0.15, 0.2) is 0 Å². The van der Waals surface area contributed by atoms with Gasteiger partial charge in [0.05, 0.1) is 10.6 Å². The number of aromatic nitrogens is 3. The first kappa shape index (κ1) is 14.9. The highest BCUT2D eigenvalue weighted by atomic mass is 32.2. The van der Waals surface area contributed by atoms with Crippen LogP contribution in [0.15, 0.2) is 29.4 Å². The van der Waals surface area contributed by atoms with Gasteiger partial charge < -0.3 is 5.73 Å². The quantitative estimate of drug-likeness (QED) is 0.379. The topological polar surface area (TPSA) is 157 Å². The van der Waals surface area contributed by atoms with E-state index in [4.69, 9.17) is 5.73 Å². The number of nitrogens with one attached hydrogen (secondary N) is 2. The van der Waals surface area contributed by atoms with E-state index in [9.17, 15) is 18.5 Å². The number of non-ortho nitro benzene ring substituents is 1. The molecular weight excluding hydrogens is 300 g/mol. The number of nitro benzene ring substituents is 1. The van der Waals surface area contributed by atoms with Crippen molar-refractivity contribution in [3.63, 3.8) is 0 Å². The molecule has 0 spiro atoms. The second-order valence-electron chi connectivity index (χ2n) is 4.06. The highest BCUT2D eigenvalue weighted by Gasteiger charge is 2.20. The standard InChI is InChI=1S/C10H12N6O4S/c11-8-2-1-7(16(17)18)5-9(8)21(19,20)14-4-3-10-12-6-13-15-10/h1-2,5-6,14H,3-4,11H2,(H,12,13,15). The zero-order valence-electron chi connectivity index (χ0n) is 10.7. The van der Waals surface area contributed by atoms with Gasteiger partial charge in [0, 0.05) is 25.1 Å². The number of nitrogens with two attached hydrogens (primary N) is 1. The van der Waals surface area contributed by atoms with Crippen LogP contribution in [0.3, 0.4) is 0 Å². The summed E-state index contributed by atoms with van der Waals surface area (Å²) in [6.45, 7) is 0.0552. The predicted molar refractivity (Wildman–Crippen MR) is 72.8 cm³/mol. The van der Waals surface area contributed by atoms with E-state index in [2.05, 4.69) is 19.9 Å². The minimum absolute atomic E-state index is 0.0552. The molecule has 1 aromatic carbocycles. The Hall–Kier alpha value is -2.53. The maximum Gasteiger partial charge on any atom is 0.270 e. The van der Waals surface area contributed by atoms with Crippen molar-refractivity contribution in [1.82, 2.24) is 19.9 Å². The summed E-state index contributed by atoms with van der Waals surface area (Å²) in [5.41, 5.74) is 5.16. The number of aromatic amines is 1. The lowest BCUT2D eigenvalue weighted by Gasteiger charge is -2.08. The fraction of sp³-hybridized carbons (Fsp3) is 0.200. The molecule has 2 rings (SSSR count). The van der Waals surface area contributed by atoms with Gasteiger partial charge in [-0.1, -0.05) is 0 Å². The van der Waals surface area contributed by atoms with E-state index in [1.165, 1.54) is 12.4 Å². The lowest BCUT2D eigenvalue weighted by Crippen LogP contribution is -2.27. The van der Waals surface area contributed by atoms with Crippen molar-refractivity contribution in [2.24, 2.45) is 0 Å². The van der Waals surface area contributed by atoms with E-state index in [-0.39, 0.29) is 22.8 Å². The summed E-state index contributed by atoms with van der Waals surface area (Å²) < 4.78 is 26.5. The van der Waals surface area contributed by atoms with E-state index in [1.54, 1.807) is 0 Å². The van der Waals surface area contributed by atoms with Crippen LogP contribution in [0.1, 0.15) is 5.82 Å². The molecule has 0 aliphatic rings. The van der Waals surface area contributed by atoms with Crippen molar-refractivity contribution in [3.05, 3.63) is 40.5 Å². The normalized spacial score (nSPS) is 11.4. The molecular formula is C10H12N6O4S. The van der Waals surface area contributed by atoms with Crippen LogP contribution in [0.5, 0.6) is 0 Å². The molecule has 2 aromatic rings. The maximum atomic E-state index is 12.1. The molecule has 0 saturated heterocycles. The Morgan fingerprint density at radius 3 is 2.81 bits per heavy atom. The molecule has 0 unspecified atom stereocenters. The number of rotatable bonds is 6. The Morgan fingerprint density at radius 1 is 1.43 bits per heavy atom. The summed E-state index contributed by atoms with van der Waals surface area (Å²) in [4.78, 5) is 13.5. The van der Waals surface area contributed by atoms with Crippen molar-refractivity contribution < 1.29 is 13.3 Å². The second kappa shape index (κ2) is 5.85. The molecule has 4 N–H and O–H groups in total. The van der Waals surface area contributed by atoms with Crippen molar-refractivity contribution in [1.29, 1.82) is 0 Å². The van der Waals surface area contributed by atoms with Crippen molar-refractivity contribution >= 4 is 21.4 Å². The highest BCUT2D eigenvalue weighted by Crippen LogP contribution is 2.23. The van der Waals surface area contributed by atoms with Gasteiger partial charge in [-0.2, -0.15) is 5.10 Å². The van der Waals surface area contributed by atoms with Gasteiger partial charge >= 0.3 is 0 Å². The molecule has 0 aliphatic carbocycles. The SMILES string of the molecule is Nc1ccc([N+](=O)[O-])cc1S(=O)(=O)NCCc1ncn[nH]1. The van der Waals surface area contributed by atoms with Gasteiger partial charge in [0.1, 0.15) is 17.0 Å². The lowest BCUT2D eigenvalue weighted by molar-refractivity contribution is -0.385. The molecule has 0 atom stereocenters. The van der Waals surface area contributed by atoms with Gasteiger partial charge in [-0.3, -0.25) is 15.2 Å². The minimum Gasteiger partial charge on any atom is -0.398 e. The summed E-state index contributed by atoms with van der Waals surface area (Å²) in [7, 11) is -3.94. The van der Waals surface area contributed by atoms with Crippen molar-refractivity contribution in [2.75, 3.05) is 12.3 Å². The molecule has 0 bridgehead atoms. The zero-order chi connectivity index (χ0) is 15.5. The van der Waals surface area contributed by atoms with E-state index in [0.717, 1.165) is 12.1 Å². The summed E-state index contributed by atoms with van der Waals surface area (Å²) >= 11 is 0. The number of hydrogen-bond acceptors (Lipinski definition) is 7. The van der Waals surface area contributed by atoms with Crippen LogP contribution >= 0.6 is 0 Å². The molecule has 0 fully saturated rings. The molecule has 21 heavy (non-hydrogen) atoms. The van der Waals surface area contributed by atoms with E-state index in [1.807, 2.05) is 0 Å². The summed E-state index contributed by atoms with van der Waals surface area (Å²) in [6.07, 6.45) is 1.61. The Bertz CT molecular complexity index is 743. The molecule has 1 heterocycles. The largest absolute Gasteiger partial charge is 0.398 e. The van der Waals surface area contributed by atoms with Gasteiger partial charge in [-0.15, -0.1) is 0 Å². The van der Waals surface area contributed by atoms with Crippen LogP contribution in [0.4, 0.5) is 11.4 Å². The van der Waals surface area contributed by atoms with E-state index in [0.29, 0.717) is 12.2 Å². The molecule has 112 valence electrons. The predicted octanol–water partition coefficient (Wildman–Crippen LogP) is -0.184. The average Bonchev–Trinajstić information content (AvgIpc) is 2.91. The monoisotopic (exact) mass is 312 g/mol. The third kappa shape index (κ3) is 3.52. The number of nitrogen functional groups attached to an aromatic ring is 1. The minimum atomic E-state index is -3.94. The first-order valence-electron chi connectivity index (χ1n) is 5.78. The molecule has 1 aromatic heterocycles. The fourth-order valence-electron chi connectivity index (χ4n) is 1.60. The lowest BCUT2D eigenvalue weighted by atomic mass is 10.3. The smallest absolute Gasteiger partial charge is 0.270 e. The van der Waals surface area contributed by atoms with Crippen LogP contribution in [0, 0.1) is 10.1 Å². The van der Waals surface area contributed by atoms with Gasteiger partial charge in [0.2, 0.25) is 10.0 Å². The number of H-pyrrole nitrogens is 1. The fourth-order valence-corrected chi connectivity index (χ4v) is 2.78. The van der Waals surface area contributed by atoms with Crippen LogP contribution < -0.4 is 10.5 Å². The number of nitrogens with zero attached hydrogens (tertiary/aromatic N) is 3. The number of hydrogen-bond donors (Lipinski definition) is 3. The van der Waals surface area contributed by atoms with E-state index < -0.39 is 14.9 Å². The first-order valence-corrected chi connectivity index (χ1v) is 7.26. The summed E-state index contributed by atoms with van der Waals surface area (Å²) in [5, 5.41) is 16.9. The molecule has 0 aliphatic heterocycles. The third-order valence-corrected chi connectivity index (χ3v) is 4.13. The van der Waals surface area contributed by atoms with Crippen LogP contribution in [0.2, 0.25) is 0 Å². The highest BCUT2D eigenvalue weighted by molar-refractivity contribution is 7.89. The maximum absolute atomic E-state index is 12.1. The number of nitro groups is 1. The Balaban J connectivity index is 2.15. The Kier molecular flexibility index (Phi) is 4.14. The number of sulfonamides is 1. The van der Waals surface area contributed by atoms with Crippen molar-refractivity contribution in [2.45, 2.75) is 11.3 Å². The molecule has 0 saturated carbocycles. The molecule has 0 amide bonds. The van der Waals surface area contributed by atoms with Crippen LogP contribution in [-0.2, 0) is 16.4 Å². The summed E-state index contributed by atoms with van der Waals surface area (Å²) in [5.74, 6) is 0.518. The Labute approximate surface area is 119 Å². The molecule has 10 nitrogen and oxygen atoms in total. The van der Waals surface area contributed by atoms with Crippen LogP contribution in [-0.4, -0.2) is 35.1 Å². The third-order valence-electron chi connectivity index (χ3n) is 2.62.